The zero-order valence-electron chi connectivity index (χ0n) is 9.55. The molecule has 1 fully saturated rings. The van der Waals surface area contributed by atoms with Crippen LogP contribution in [0.15, 0.2) is 0 Å². The largest absolute Gasteiger partial charge is 0.396 e. The van der Waals surface area contributed by atoms with Gasteiger partial charge in [-0.3, -0.25) is 0 Å². The smallest absolute Gasteiger partial charge is 0.0794 e. The predicted octanol–water partition coefficient (Wildman–Crippen LogP) is 2.04. The summed E-state index contributed by atoms with van der Waals surface area (Å²) in [5.74, 6) is 2.46. The highest BCUT2D eigenvalue weighted by atomic mass is 28.3. The summed E-state index contributed by atoms with van der Waals surface area (Å²) in [6.45, 7) is 8.32. The standard InChI is InChI=1S/C7H14OSi.C4H8O/c1-5-6-7(8)9(2,3)4;1-2-4-5-3-1/h1,7-8H,6H2,2-4H3;1-4H2. The highest BCUT2D eigenvalue weighted by Crippen LogP contribution is 2.09. The molecule has 0 aromatic carbocycles. The molecule has 1 saturated heterocycles. The summed E-state index contributed by atoms with van der Waals surface area (Å²) >= 11 is 0. The Kier molecular flexibility index (Phi) is 6.90. The van der Waals surface area contributed by atoms with E-state index in [9.17, 15) is 5.11 Å². The van der Waals surface area contributed by atoms with Gasteiger partial charge in [-0.25, -0.2) is 0 Å². The molecule has 2 nitrogen and oxygen atoms in total. The first kappa shape index (κ1) is 13.7. The summed E-state index contributed by atoms with van der Waals surface area (Å²) in [7, 11) is -1.37. The van der Waals surface area contributed by atoms with E-state index in [-0.39, 0.29) is 5.73 Å². The van der Waals surface area contributed by atoms with E-state index in [1.54, 1.807) is 0 Å². The van der Waals surface area contributed by atoms with Gasteiger partial charge in [0, 0.05) is 19.6 Å². The van der Waals surface area contributed by atoms with Gasteiger partial charge in [-0.1, -0.05) is 19.6 Å². The molecule has 0 aromatic heterocycles. The van der Waals surface area contributed by atoms with Crippen LogP contribution in [0.3, 0.4) is 0 Å². The van der Waals surface area contributed by atoms with Crippen LogP contribution in [0.25, 0.3) is 0 Å². The fourth-order valence-corrected chi connectivity index (χ4v) is 1.66. The quantitative estimate of drug-likeness (QED) is 0.563. The second kappa shape index (κ2) is 7.05. The Labute approximate surface area is 88.7 Å². The van der Waals surface area contributed by atoms with Gasteiger partial charge >= 0.3 is 0 Å². The lowest BCUT2D eigenvalue weighted by molar-refractivity contribution is 0.198. The van der Waals surface area contributed by atoms with Gasteiger partial charge in [0.1, 0.15) is 0 Å². The van der Waals surface area contributed by atoms with E-state index in [0.29, 0.717) is 6.42 Å². The summed E-state index contributed by atoms with van der Waals surface area (Å²) < 4.78 is 4.94. The third kappa shape index (κ3) is 7.13. The first-order valence-electron chi connectivity index (χ1n) is 5.17. The van der Waals surface area contributed by atoms with Crippen molar-refractivity contribution in [3.05, 3.63) is 0 Å². The van der Waals surface area contributed by atoms with Crippen molar-refractivity contribution in [1.29, 1.82) is 0 Å². The molecule has 14 heavy (non-hydrogen) atoms. The number of aliphatic hydroxyl groups excluding tert-OH is 1. The molecule has 1 unspecified atom stereocenters. The molecule has 3 heteroatoms. The van der Waals surface area contributed by atoms with Crippen LogP contribution in [0.4, 0.5) is 0 Å². The number of hydrogen-bond acceptors (Lipinski definition) is 2. The molecule has 1 heterocycles. The molecule has 0 aromatic rings. The van der Waals surface area contributed by atoms with Crippen LogP contribution in [0.1, 0.15) is 19.3 Å². The summed E-state index contributed by atoms with van der Waals surface area (Å²) in [4.78, 5) is 0. The second-order valence-corrected chi connectivity index (χ2v) is 10.0. The van der Waals surface area contributed by atoms with Crippen LogP contribution in [0.5, 0.6) is 0 Å². The minimum atomic E-state index is -1.37. The average molecular weight is 214 g/mol. The highest BCUT2D eigenvalue weighted by molar-refractivity contribution is 6.77. The Bertz CT molecular complexity index is 167. The Morgan fingerprint density at radius 2 is 1.86 bits per heavy atom. The van der Waals surface area contributed by atoms with Gasteiger partial charge < -0.3 is 9.84 Å². The van der Waals surface area contributed by atoms with Crippen molar-refractivity contribution >= 4 is 8.07 Å². The maximum Gasteiger partial charge on any atom is 0.0794 e. The van der Waals surface area contributed by atoms with E-state index in [1.165, 1.54) is 12.8 Å². The Morgan fingerprint density at radius 1 is 1.36 bits per heavy atom. The monoisotopic (exact) mass is 214 g/mol. The Morgan fingerprint density at radius 3 is 2.00 bits per heavy atom. The van der Waals surface area contributed by atoms with E-state index >= 15 is 0 Å². The zero-order chi connectivity index (χ0) is 11.0. The van der Waals surface area contributed by atoms with E-state index in [2.05, 4.69) is 25.6 Å². The third-order valence-electron chi connectivity index (χ3n) is 2.14. The van der Waals surface area contributed by atoms with Crippen molar-refractivity contribution in [3.8, 4) is 12.3 Å². The molecule has 1 rings (SSSR count). The molecule has 1 atom stereocenters. The molecular weight excluding hydrogens is 192 g/mol. The van der Waals surface area contributed by atoms with Crippen molar-refractivity contribution in [1.82, 2.24) is 0 Å². The molecule has 0 radical (unpaired) electrons. The van der Waals surface area contributed by atoms with E-state index in [1.807, 2.05) is 0 Å². The predicted molar refractivity (Wildman–Crippen MR) is 62.9 cm³/mol. The van der Waals surface area contributed by atoms with Gasteiger partial charge in [0.15, 0.2) is 0 Å². The minimum absolute atomic E-state index is 0.234. The molecule has 0 spiro atoms. The van der Waals surface area contributed by atoms with Crippen LogP contribution in [-0.2, 0) is 4.74 Å². The molecule has 0 aliphatic carbocycles. The zero-order valence-corrected chi connectivity index (χ0v) is 10.5. The van der Waals surface area contributed by atoms with E-state index in [0.717, 1.165) is 13.2 Å². The van der Waals surface area contributed by atoms with Crippen LogP contribution in [0.2, 0.25) is 19.6 Å². The van der Waals surface area contributed by atoms with Gasteiger partial charge in [-0.2, -0.15) is 0 Å². The second-order valence-electron chi connectivity index (χ2n) is 4.61. The van der Waals surface area contributed by atoms with Gasteiger partial charge in [0.05, 0.1) is 13.8 Å². The lowest BCUT2D eigenvalue weighted by Gasteiger charge is -2.21. The third-order valence-corrected chi connectivity index (χ3v) is 4.34. The van der Waals surface area contributed by atoms with Gasteiger partial charge in [-0.15, -0.1) is 12.3 Å². The molecule has 1 aliphatic rings. The van der Waals surface area contributed by atoms with Gasteiger partial charge in [0.2, 0.25) is 0 Å². The summed E-state index contributed by atoms with van der Waals surface area (Å²) in [6.07, 6.45) is 8.10. The molecule has 0 saturated carbocycles. The lowest BCUT2D eigenvalue weighted by Crippen LogP contribution is -2.37. The van der Waals surface area contributed by atoms with Crippen molar-refractivity contribution in [2.45, 2.75) is 44.6 Å². The highest BCUT2D eigenvalue weighted by Gasteiger charge is 2.22. The van der Waals surface area contributed by atoms with E-state index < -0.39 is 8.07 Å². The molecular formula is C11H22O2Si. The van der Waals surface area contributed by atoms with Gasteiger partial charge in [0.25, 0.3) is 0 Å². The molecule has 82 valence electrons. The van der Waals surface area contributed by atoms with Crippen molar-refractivity contribution < 1.29 is 9.84 Å². The molecule has 0 amide bonds. The minimum Gasteiger partial charge on any atom is -0.396 e. The first-order chi connectivity index (χ1) is 6.48. The van der Waals surface area contributed by atoms with Crippen molar-refractivity contribution in [2.24, 2.45) is 0 Å². The first-order valence-corrected chi connectivity index (χ1v) is 8.75. The topological polar surface area (TPSA) is 29.5 Å². The molecule has 1 aliphatic heterocycles. The van der Waals surface area contributed by atoms with Crippen molar-refractivity contribution in [3.63, 3.8) is 0 Å². The lowest BCUT2D eigenvalue weighted by atomic mass is 10.4. The number of rotatable bonds is 2. The summed E-state index contributed by atoms with van der Waals surface area (Å²) in [5.41, 5.74) is -0.234. The number of hydrogen-bond donors (Lipinski definition) is 1. The van der Waals surface area contributed by atoms with Gasteiger partial charge in [-0.05, 0) is 12.8 Å². The Hall–Kier alpha value is -0.303. The molecule has 1 N–H and O–H groups in total. The van der Waals surface area contributed by atoms with E-state index in [4.69, 9.17) is 11.2 Å². The number of terminal acetylenes is 1. The van der Waals surface area contributed by atoms with Crippen LogP contribution in [0, 0.1) is 12.3 Å². The SMILES string of the molecule is C#CCC(O)[Si](C)(C)C.C1CCOC1. The van der Waals surface area contributed by atoms with Crippen LogP contribution >= 0.6 is 0 Å². The van der Waals surface area contributed by atoms with Crippen LogP contribution in [-0.4, -0.2) is 32.1 Å². The fourth-order valence-electron chi connectivity index (χ4n) is 0.928. The summed E-state index contributed by atoms with van der Waals surface area (Å²) in [6, 6.07) is 0. The fraction of sp³-hybridized carbons (Fsp3) is 0.818. The Balaban J connectivity index is 0.000000280. The number of aliphatic hydroxyl groups is 1. The molecule has 0 bridgehead atoms. The summed E-state index contributed by atoms with van der Waals surface area (Å²) in [5, 5.41) is 9.30. The normalized spacial score (nSPS) is 17.9. The van der Waals surface area contributed by atoms with Crippen molar-refractivity contribution in [2.75, 3.05) is 13.2 Å². The maximum atomic E-state index is 9.30. The maximum absolute atomic E-state index is 9.30. The van der Waals surface area contributed by atoms with Crippen LogP contribution < -0.4 is 0 Å². The number of ether oxygens (including phenoxy) is 1. The average Bonchev–Trinajstić information content (AvgIpc) is 2.59.